The lowest BCUT2D eigenvalue weighted by atomic mass is 10.2. The molecule has 6 nitrogen and oxygen atoms in total. The maximum atomic E-state index is 13.3. The standard InChI is InChI=1S/C15H21FN2O4S/c1-23(20,21)18-10-4-7-13(18)15(19)17-9-5-11-22-14-8-3-2-6-12(14)16/h2-3,6,8,13H,4-5,7,9-11H2,1H3,(H,17,19)/t13-/m1/s1. The third kappa shape index (κ3) is 4.90. The zero-order valence-corrected chi connectivity index (χ0v) is 13.8. The molecule has 1 atom stereocenters. The van der Waals surface area contributed by atoms with Gasteiger partial charge in [0.25, 0.3) is 0 Å². The van der Waals surface area contributed by atoms with Crippen LogP contribution in [0.1, 0.15) is 19.3 Å². The SMILES string of the molecule is CS(=O)(=O)N1CCC[C@@H]1C(=O)NCCCOc1ccccc1F. The Bertz CT molecular complexity index is 651. The molecule has 1 heterocycles. The summed E-state index contributed by atoms with van der Waals surface area (Å²) >= 11 is 0. The van der Waals surface area contributed by atoms with E-state index in [9.17, 15) is 17.6 Å². The summed E-state index contributed by atoms with van der Waals surface area (Å²) in [5.41, 5.74) is 0. The zero-order valence-electron chi connectivity index (χ0n) is 13.0. The molecule has 0 saturated carbocycles. The predicted molar refractivity (Wildman–Crippen MR) is 84.1 cm³/mol. The number of nitrogens with zero attached hydrogens (tertiary/aromatic N) is 1. The smallest absolute Gasteiger partial charge is 0.238 e. The summed E-state index contributed by atoms with van der Waals surface area (Å²) in [6.07, 6.45) is 2.83. The minimum Gasteiger partial charge on any atom is -0.490 e. The number of para-hydroxylation sites is 1. The number of hydrogen-bond acceptors (Lipinski definition) is 4. The van der Waals surface area contributed by atoms with Gasteiger partial charge in [-0.15, -0.1) is 0 Å². The van der Waals surface area contributed by atoms with Gasteiger partial charge in [-0.25, -0.2) is 12.8 Å². The first-order chi connectivity index (χ1) is 10.9. The van der Waals surface area contributed by atoms with Crippen LogP contribution in [-0.2, 0) is 14.8 Å². The summed E-state index contributed by atoms with van der Waals surface area (Å²) in [7, 11) is -3.37. The first kappa shape index (κ1) is 17.7. The molecule has 0 unspecified atom stereocenters. The van der Waals surface area contributed by atoms with Crippen molar-refractivity contribution in [1.29, 1.82) is 0 Å². The number of sulfonamides is 1. The van der Waals surface area contributed by atoms with Gasteiger partial charge >= 0.3 is 0 Å². The van der Waals surface area contributed by atoms with Crippen LogP contribution >= 0.6 is 0 Å². The normalized spacial score (nSPS) is 18.8. The molecule has 23 heavy (non-hydrogen) atoms. The van der Waals surface area contributed by atoms with E-state index in [1.54, 1.807) is 12.1 Å². The Labute approximate surface area is 135 Å². The molecular formula is C15H21FN2O4S. The number of rotatable bonds is 7. The quantitative estimate of drug-likeness (QED) is 0.753. The van der Waals surface area contributed by atoms with Gasteiger partial charge in [-0.3, -0.25) is 4.79 Å². The van der Waals surface area contributed by atoms with E-state index < -0.39 is 21.9 Å². The number of hydrogen-bond donors (Lipinski definition) is 1. The lowest BCUT2D eigenvalue weighted by molar-refractivity contribution is -0.124. The van der Waals surface area contributed by atoms with E-state index >= 15 is 0 Å². The third-order valence-corrected chi connectivity index (χ3v) is 4.94. The molecular weight excluding hydrogens is 323 g/mol. The third-order valence-electron chi connectivity index (χ3n) is 3.65. The van der Waals surface area contributed by atoms with Crippen LogP contribution in [0.4, 0.5) is 4.39 Å². The maximum Gasteiger partial charge on any atom is 0.238 e. The van der Waals surface area contributed by atoms with Crippen LogP contribution in [0.15, 0.2) is 24.3 Å². The molecule has 0 bridgehead atoms. The van der Waals surface area contributed by atoms with Crippen LogP contribution in [-0.4, -0.2) is 50.6 Å². The summed E-state index contributed by atoms with van der Waals surface area (Å²) in [6.45, 7) is 0.996. The summed E-state index contributed by atoms with van der Waals surface area (Å²) in [6, 6.07) is 5.49. The van der Waals surface area contributed by atoms with Gasteiger partial charge in [0.15, 0.2) is 11.6 Å². The van der Waals surface area contributed by atoms with Gasteiger partial charge in [-0.1, -0.05) is 12.1 Å². The summed E-state index contributed by atoms with van der Waals surface area (Å²) in [5, 5.41) is 2.71. The molecule has 2 rings (SSSR count). The molecule has 0 spiro atoms. The first-order valence-corrected chi connectivity index (χ1v) is 9.36. The molecule has 1 aliphatic rings. The zero-order chi connectivity index (χ0) is 16.9. The number of amides is 1. The fraction of sp³-hybridized carbons (Fsp3) is 0.533. The number of nitrogens with one attached hydrogen (secondary N) is 1. The first-order valence-electron chi connectivity index (χ1n) is 7.51. The van der Waals surface area contributed by atoms with E-state index in [1.165, 1.54) is 16.4 Å². The van der Waals surface area contributed by atoms with E-state index in [4.69, 9.17) is 4.74 Å². The largest absolute Gasteiger partial charge is 0.490 e. The Balaban J connectivity index is 1.72. The second kappa shape index (κ2) is 7.74. The van der Waals surface area contributed by atoms with Crippen molar-refractivity contribution in [3.8, 4) is 5.75 Å². The van der Waals surface area contributed by atoms with Crippen molar-refractivity contribution in [3.63, 3.8) is 0 Å². The highest BCUT2D eigenvalue weighted by Crippen LogP contribution is 2.20. The molecule has 1 aromatic rings. The highest BCUT2D eigenvalue weighted by molar-refractivity contribution is 7.88. The van der Waals surface area contributed by atoms with Crippen LogP contribution in [0.2, 0.25) is 0 Å². The fourth-order valence-corrected chi connectivity index (χ4v) is 3.67. The predicted octanol–water partition coefficient (Wildman–Crippen LogP) is 1.13. The molecule has 1 N–H and O–H groups in total. The molecule has 1 saturated heterocycles. The molecule has 1 aromatic carbocycles. The number of carbonyl (C=O) groups is 1. The molecule has 128 valence electrons. The molecule has 0 radical (unpaired) electrons. The minimum absolute atomic E-state index is 0.179. The van der Waals surface area contributed by atoms with E-state index in [0.717, 1.165) is 6.26 Å². The van der Waals surface area contributed by atoms with Gasteiger partial charge in [-0.2, -0.15) is 4.31 Å². The highest BCUT2D eigenvalue weighted by atomic mass is 32.2. The van der Waals surface area contributed by atoms with Gasteiger partial charge in [0.05, 0.1) is 12.9 Å². The second-order valence-corrected chi connectivity index (χ2v) is 7.39. The van der Waals surface area contributed by atoms with Crippen molar-refractivity contribution in [2.75, 3.05) is 26.0 Å². The lowest BCUT2D eigenvalue weighted by Gasteiger charge is -2.21. The monoisotopic (exact) mass is 344 g/mol. The van der Waals surface area contributed by atoms with Crippen molar-refractivity contribution >= 4 is 15.9 Å². The minimum atomic E-state index is -3.37. The molecule has 0 aliphatic carbocycles. The molecule has 1 amide bonds. The number of ether oxygens (including phenoxy) is 1. The molecule has 8 heteroatoms. The van der Waals surface area contributed by atoms with Crippen molar-refractivity contribution in [2.45, 2.75) is 25.3 Å². The Kier molecular flexibility index (Phi) is 5.95. The summed E-state index contributed by atoms with van der Waals surface area (Å²) in [5.74, 6) is -0.539. The number of benzene rings is 1. The topological polar surface area (TPSA) is 75.7 Å². The fourth-order valence-electron chi connectivity index (χ4n) is 2.54. The average molecular weight is 344 g/mol. The van der Waals surface area contributed by atoms with Crippen LogP contribution in [0.3, 0.4) is 0 Å². The lowest BCUT2D eigenvalue weighted by Crippen LogP contribution is -2.45. The van der Waals surface area contributed by atoms with Crippen molar-refractivity contribution in [2.24, 2.45) is 0 Å². The van der Waals surface area contributed by atoms with Crippen LogP contribution in [0.5, 0.6) is 5.75 Å². The van der Waals surface area contributed by atoms with E-state index in [2.05, 4.69) is 5.32 Å². The Morgan fingerprint density at radius 1 is 1.43 bits per heavy atom. The Hall–Kier alpha value is -1.67. The van der Waals surface area contributed by atoms with E-state index in [0.29, 0.717) is 32.4 Å². The van der Waals surface area contributed by atoms with Gasteiger partial charge in [0, 0.05) is 13.1 Å². The Morgan fingerprint density at radius 2 is 2.17 bits per heavy atom. The number of halogens is 1. The highest BCUT2D eigenvalue weighted by Gasteiger charge is 2.36. The van der Waals surface area contributed by atoms with Crippen LogP contribution < -0.4 is 10.1 Å². The molecule has 1 aliphatic heterocycles. The molecule has 1 fully saturated rings. The molecule has 0 aromatic heterocycles. The number of carbonyl (C=O) groups excluding carboxylic acids is 1. The van der Waals surface area contributed by atoms with E-state index in [1.807, 2.05) is 0 Å². The average Bonchev–Trinajstić information content (AvgIpc) is 2.98. The van der Waals surface area contributed by atoms with E-state index in [-0.39, 0.29) is 18.3 Å². The van der Waals surface area contributed by atoms with Gasteiger partial charge in [-0.05, 0) is 31.4 Å². The summed E-state index contributed by atoms with van der Waals surface area (Å²) < 4.78 is 43.1. The van der Waals surface area contributed by atoms with Gasteiger partial charge < -0.3 is 10.1 Å². The van der Waals surface area contributed by atoms with Crippen LogP contribution in [0.25, 0.3) is 0 Å². The van der Waals surface area contributed by atoms with Crippen molar-refractivity contribution in [1.82, 2.24) is 9.62 Å². The Morgan fingerprint density at radius 3 is 2.87 bits per heavy atom. The van der Waals surface area contributed by atoms with Crippen molar-refractivity contribution < 1.29 is 22.3 Å². The second-order valence-electron chi connectivity index (χ2n) is 5.46. The summed E-state index contributed by atoms with van der Waals surface area (Å²) in [4.78, 5) is 12.1. The van der Waals surface area contributed by atoms with Gasteiger partial charge in [0.1, 0.15) is 6.04 Å². The van der Waals surface area contributed by atoms with Crippen LogP contribution in [0, 0.1) is 5.82 Å². The van der Waals surface area contributed by atoms with Crippen molar-refractivity contribution in [3.05, 3.63) is 30.1 Å². The van der Waals surface area contributed by atoms with Gasteiger partial charge in [0.2, 0.25) is 15.9 Å². The maximum absolute atomic E-state index is 13.3.